The molecule has 2 aromatic carbocycles. The average molecular weight is 547 g/mol. The summed E-state index contributed by atoms with van der Waals surface area (Å²) >= 11 is 7.96. The average Bonchev–Trinajstić information content (AvgIpc) is 3.16. The minimum absolute atomic E-state index is 0.350. The highest BCUT2D eigenvalue weighted by atomic mass is 79.9. The van der Waals surface area contributed by atoms with Gasteiger partial charge in [-0.15, -0.1) is 0 Å². The molecule has 150 valence electrons. The normalized spacial score (nSPS) is 10.7. The number of amides is 1. The summed E-state index contributed by atoms with van der Waals surface area (Å²) in [4.78, 5) is 33.6. The van der Waals surface area contributed by atoms with Gasteiger partial charge in [0.2, 0.25) is 0 Å². The fourth-order valence-corrected chi connectivity index (χ4v) is 4.18. The molecule has 0 radical (unpaired) electrons. The number of anilines is 1. The fraction of sp³-hybridized carbons (Fsp3) is 0.0476. The summed E-state index contributed by atoms with van der Waals surface area (Å²) in [6.07, 6.45) is 1.58. The van der Waals surface area contributed by atoms with Crippen molar-refractivity contribution in [3.63, 3.8) is 0 Å². The number of halogens is 2. The van der Waals surface area contributed by atoms with Gasteiger partial charge in [0.15, 0.2) is 11.7 Å². The van der Waals surface area contributed by atoms with Crippen LogP contribution in [0.5, 0.6) is 0 Å². The number of aromatic nitrogens is 2. The van der Waals surface area contributed by atoms with E-state index in [1.54, 1.807) is 18.3 Å². The Bertz CT molecular complexity index is 1240. The highest BCUT2D eigenvalue weighted by molar-refractivity contribution is 9.11. The van der Waals surface area contributed by atoms with Crippen molar-refractivity contribution in [1.29, 1.82) is 0 Å². The van der Waals surface area contributed by atoms with E-state index in [1.807, 2.05) is 42.5 Å². The van der Waals surface area contributed by atoms with E-state index >= 15 is 0 Å². The van der Waals surface area contributed by atoms with Crippen LogP contribution in [0.15, 0.2) is 69.1 Å². The Morgan fingerprint density at radius 1 is 1.07 bits per heavy atom. The lowest BCUT2D eigenvalue weighted by atomic mass is 10.0. The predicted octanol–water partition coefficient (Wildman–Crippen LogP) is 5.68. The maximum atomic E-state index is 12.8. The summed E-state index contributed by atoms with van der Waals surface area (Å²) in [7, 11) is 0. The summed E-state index contributed by atoms with van der Waals surface area (Å²) < 4.78 is 7.01. The zero-order valence-corrected chi connectivity index (χ0v) is 19.3. The van der Waals surface area contributed by atoms with Crippen molar-refractivity contribution in [2.45, 2.75) is 0 Å². The zero-order valence-electron chi connectivity index (χ0n) is 15.3. The van der Waals surface area contributed by atoms with Crippen LogP contribution < -0.4 is 5.32 Å². The number of hydrogen-bond donors (Lipinski definition) is 1. The Morgan fingerprint density at radius 2 is 1.83 bits per heavy atom. The Kier molecular flexibility index (Phi) is 6.21. The number of hydrogen-bond acceptors (Lipinski definition) is 6. The maximum absolute atomic E-state index is 12.8. The van der Waals surface area contributed by atoms with Gasteiger partial charge in [0.05, 0.1) is 26.8 Å². The molecular formula is C21H13Br2N3O3S. The van der Waals surface area contributed by atoms with Gasteiger partial charge < -0.3 is 4.74 Å². The number of carbonyl (C=O) groups excluding carboxylic acids is 2. The van der Waals surface area contributed by atoms with E-state index in [-0.39, 0.29) is 0 Å². The number of para-hydroxylation sites is 1. The van der Waals surface area contributed by atoms with Crippen molar-refractivity contribution >= 4 is 71.1 Å². The SMILES string of the molecule is O=C(COC(=O)c1cc(-c2ccc(Br)cc2)nc2ccccc12)Nc1ncc(Br)s1. The quantitative estimate of drug-likeness (QED) is 0.326. The molecule has 0 atom stereocenters. The van der Waals surface area contributed by atoms with Crippen molar-refractivity contribution in [3.05, 3.63) is 74.6 Å². The molecule has 4 aromatic rings. The van der Waals surface area contributed by atoms with Gasteiger partial charge in [-0.05, 0) is 40.2 Å². The summed E-state index contributed by atoms with van der Waals surface area (Å²) in [6.45, 7) is -0.416. The first-order chi connectivity index (χ1) is 14.5. The molecule has 1 amide bonds. The largest absolute Gasteiger partial charge is 0.452 e. The molecule has 4 rings (SSSR count). The smallest absolute Gasteiger partial charge is 0.339 e. The molecule has 0 aliphatic rings. The lowest BCUT2D eigenvalue weighted by Gasteiger charge is -2.10. The van der Waals surface area contributed by atoms with Crippen LogP contribution in [0, 0.1) is 0 Å². The Hall–Kier alpha value is -2.62. The van der Waals surface area contributed by atoms with Gasteiger partial charge in [0.25, 0.3) is 5.91 Å². The number of benzene rings is 2. The summed E-state index contributed by atoms with van der Waals surface area (Å²) in [5.41, 5.74) is 2.53. The number of thiazole rings is 1. The van der Waals surface area contributed by atoms with Crippen LogP contribution in [-0.4, -0.2) is 28.5 Å². The molecule has 0 fully saturated rings. The number of fused-ring (bicyclic) bond motifs is 1. The van der Waals surface area contributed by atoms with E-state index in [4.69, 9.17) is 4.74 Å². The molecule has 0 aliphatic heterocycles. The summed E-state index contributed by atoms with van der Waals surface area (Å²) in [5.74, 6) is -1.06. The second-order valence-electron chi connectivity index (χ2n) is 6.17. The van der Waals surface area contributed by atoms with Gasteiger partial charge >= 0.3 is 5.97 Å². The number of esters is 1. The number of pyridine rings is 1. The van der Waals surface area contributed by atoms with Gasteiger partial charge in [-0.3, -0.25) is 10.1 Å². The lowest BCUT2D eigenvalue weighted by molar-refractivity contribution is -0.119. The molecule has 30 heavy (non-hydrogen) atoms. The van der Waals surface area contributed by atoms with Gasteiger partial charge in [0.1, 0.15) is 0 Å². The first-order valence-corrected chi connectivity index (χ1v) is 11.1. The van der Waals surface area contributed by atoms with Gasteiger partial charge in [0, 0.05) is 15.4 Å². The van der Waals surface area contributed by atoms with E-state index in [0.29, 0.717) is 27.3 Å². The molecule has 0 saturated carbocycles. The van der Waals surface area contributed by atoms with E-state index in [9.17, 15) is 9.59 Å². The highest BCUT2D eigenvalue weighted by Crippen LogP contribution is 2.27. The molecule has 0 spiro atoms. The van der Waals surface area contributed by atoms with E-state index in [2.05, 4.69) is 47.1 Å². The molecule has 2 heterocycles. The first-order valence-electron chi connectivity index (χ1n) is 8.73. The number of rotatable bonds is 5. The third kappa shape index (κ3) is 4.75. The Balaban J connectivity index is 1.58. The molecule has 2 aromatic heterocycles. The minimum atomic E-state index is -0.595. The highest BCUT2D eigenvalue weighted by Gasteiger charge is 2.17. The Morgan fingerprint density at radius 3 is 2.57 bits per heavy atom. The second-order valence-corrected chi connectivity index (χ2v) is 9.50. The van der Waals surface area contributed by atoms with Gasteiger partial charge in [-0.25, -0.2) is 14.8 Å². The standard InChI is InChI=1S/C21H13Br2N3O3S/c22-13-7-5-12(6-8-13)17-9-15(14-3-1-2-4-16(14)25-17)20(28)29-11-19(27)26-21-24-10-18(23)30-21/h1-10H,11H2,(H,24,26,27). The Labute approximate surface area is 192 Å². The predicted molar refractivity (Wildman–Crippen MR) is 124 cm³/mol. The number of nitrogens with zero attached hydrogens (tertiary/aromatic N) is 2. The van der Waals surface area contributed by atoms with Crippen molar-refractivity contribution in [2.75, 3.05) is 11.9 Å². The third-order valence-corrected chi connectivity index (χ3v) is 6.05. The van der Waals surface area contributed by atoms with Crippen LogP contribution >= 0.6 is 43.2 Å². The first kappa shape index (κ1) is 20.6. The van der Waals surface area contributed by atoms with Gasteiger partial charge in [-0.1, -0.05) is 57.6 Å². The zero-order chi connectivity index (χ0) is 21.1. The van der Waals surface area contributed by atoms with Crippen molar-refractivity contribution in [3.8, 4) is 11.3 Å². The molecule has 1 N–H and O–H groups in total. The van der Waals surface area contributed by atoms with Crippen LogP contribution in [0.3, 0.4) is 0 Å². The van der Waals surface area contributed by atoms with Gasteiger partial charge in [-0.2, -0.15) is 0 Å². The van der Waals surface area contributed by atoms with Crippen LogP contribution in [0.2, 0.25) is 0 Å². The number of carbonyl (C=O) groups is 2. The number of ether oxygens (including phenoxy) is 1. The van der Waals surface area contributed by atoms with Crippen LogP contribution in [0.1, 0.15) is 10.4 Å². The van der Waals surface area contributed by atoms with Crippen LogP contribution in [-0.2, 0) is 9.53 Å². The van der Waals surface area contributed by atoms with E-state index in [0.717, 1.165) is 13.8 Å². The van der Waals surface area contributed by atoms with Crippen molar-refractivity contribution in [2.24, 2.45) is 0 Å². The second kappa shape index (κ2) is 9.03. The summed E-state index contributed by atoms with van der Waals surface area (Å²) in [6, 6.07) is 16.6. The minimum Gasteiger partial charge on any atom is -0.452 e. The molecular weight excluding hydrogens is 534 g/mol. The monoisotopic (exact) mass is 545 g/mol. The van der Waals surface area contributed by atoms with Crippen LogP contribution in [0.25, 0.3) is 22.2 Å². The third-order valence-electron chi connectivity index (χ3n) is 4.13. The lowest BCUT2D eigenvalue weighted by Crippen LogP contribution is -2.21. The molecule has 9 heteroatoms. The van der Waals surface area contributed by atoms with Crippen LogP contribution in [0.4, 0.5) is 5.13 Å². The summed E-state index contributed by atoms with van der Waals surface area (Å²) in [5, 5.41) is 3.68. The van der Waals surface area contributed by atoms with Crippen molar-refractivity contribution in [1.82, 2.24) is 9.97 Å². The molecule has 0 unspecified atom stereocenters. The maximum Gasteiger partial charge on any atom is 0.339 e. The molecule has 0 bridgehead atoms. The van der Waals surface area contributed by atoms with E-state index in [1.165, 1.54) is 11.3 Å². The molecule has 0 saturated heterocycles. The number of nitrogens with one attached hydrogen (secondary N) is 1. The van der Waals surface area contributed by atoms with Crippen molar-refractivity contribution < 1.29 is 14.3 Å². The topological polar surface area (TPSA) is 81.2 Å². The molecule has 0 aliphatic carbocycles. The fourth-order valence-electron chi connectivity index (χ4n) is 2.79. The van der Waals surface area contributed by atoms with E-state index < -0.39 is 18.5 Å². The molecule has 6 nitrogen and oxygen atoms in total.